The van der Waals surface area contributed by atoms with Gasteiger partial charge >= 0.3 is 12.1 Å². The third-order valence-electron chi connectivity index (χ3n) is 6.02. The highest BCUT2D eigenvalue weighted by Crippen LogP contribution is 2.16. The molecule has 3 aromatic rings. The zero-order chi connectivity index (χ0) is 32.9. The first-order valence-electron chi connectivity index (χ1n) is 13.6. The van der Waals surface area contributed by atoms with Crippen LogP contribution in [-0.2, 0) is 19.2 Å². The SMILES string of the molecule is CN(C)c1ccc(C=C2C(=O)NC(=O)NC2=O)cc1.CN(C)c1ccc(C=Nc2ccccc2)cc1.O=C1CC(=O)NC(=O)N1. The number of carbonyl (C=O) groups is 6. The Balaban J connectivity index is 0.000000195. The maximum absolute atomic E-state index is 11.5. The van der Waals surface area contributed by atoms with Gasteiger partial charge in [0.1, 0.15) is 12.0 Å². The maximum Gasteiger partial charge on any atom is 0.328 e. The number of rotatable bonds is 5. The van der Waals surface area contributed by atoms with E-state index in [0.29, 0.717) is 5.56 Å². The van der Waals surface area contributed by atoms with Gasteiger partial charge in [0, 0.05) is 45.8 Å². The number of urea groups is 2. The van der Waals surface area contributed by atoms with Crippen molar-refractivity contribution in [1.29, 1.82) is 0 Å². The molecular weight excluding hydrogens is 578 g/mol. The number of hydrogen-bond donors (Lipinski definition) is 4. The van der Waals surface area contributed by atoms with Gasteiger partial charge in [-0.05, 0) is 53.6 Å². The van der Waals surface area contributed by atoms with Gasteiger partial charge in [-0.1, -0.05) is 42.5 Å². The van der Waals surface area contributed by atoms with Crippen LogP contribution in [0.1, 0.15) is 17.5 Å². The molecule has 0 bridgehead atoms. The van der Waals surface area contributed by atoms with E-state index in [-0.39, 0.29) is 12.0 Å². The number of imide groups is 4. The molecule has 2 saturated heterocycles. The molecule has 0 saturated carbocycles. The lowest BCUT2D eigenvalue weighted by molar-refractivity contribution is -0.130. The third-order valence-corrected chi connectivity index (χ3v) is 6.02. The van der Waals surface area contributed by atoms with Crippen molar-refractivity contribution in [1.82, 2.24) is 21.3 Å². The van der Waals surface area contributed by atoms with Gasteiger partial charge in [0.15, 0.2) is 0 Å². The first kappa shape index (κ1) is 33.4. The molecular formula is C32H33N7O6. The molecule has 8 amide bonds. The normalized spacial score (nSPS) is 14.1. The van der Waals surface area contributed by atoms with Crippen molar-refractivity contribution < 1.29 is 28.8 Å². The van der Waals surface area contributed by atoms with Gasteiger partial charge in [0.05, 0.1) is 5.69 Å². The molecule has 3 aromatic carbocycles. The lowest BCUT2D eigenvalue weighted by atomic mass is 10.1. The lowest BCUT2D eigenvalue weighted by Crippen LogP contribution is -2.51. The first-order chi connectivity index (χ1) is 21.4. The second-order valence-corrected chi connectivity index (χ2v) is 9.96. The Labute approximate surface area is 260 Å². The highest BCUT2D eigenvalue weighted by atomic mass is 16.2. The average molecular weight is 612 g/mol. The fourth-order valence-corrected chi connectivity index (χ4v) is 3.68. The van der Waals surface area contributed by atoms with Crippen molar-refractivity contribution in [3.8, 4) is 0 Å². The van der Waals surface area contributed by atoms with Crippen LogP contribution in [0.3, 0.4) is 0 Å². The molecule has 45 heavy (non-hydrogen) atoms. The Morgan fingerprint density at radius 3 is 1.47 bits per heavy atom. The van der Waals surface area contributed by atoms with E-state index in [4.69, 9.17) is 0 Å². The fraction of sp³-hybridized carbons (Fsp3) is 0.156. The van der Waals surface area contributed by atoms with Crippen LogP contribution >= 0.6 is 0 Å². The van der Waals surface area contributed by atoms with Crippen LogP contribution < -0.4 is 31.1 Å². The summed E-state index contributed by atoms with van der Waals surface area (Å²) in [5.41, 5.74) is 4.91. The van der Waals surface area contributed by atoms with Crippen LogP contribution in [0.25, 0.3) is 6.08 Å². The van der Waals surface area contributed by atoms with E-state index in [1.54, 1.807) is 12.1 Å². The van der Waals surface area contributed by atoms with E-state index in [0.717, 1.165) is 16.9 Å². The summed E-state index contributed by atoms with van der Waals surface area (Å²) in [5.74, 6) is -2.48. The summed E-state index contributed by atoms with van der Waals surface area (Å²) in [5, 5.41) is 7.85. The molecule has 2 heterocycles. The number of barbiturate groups is 2. The standard InChI is InChI=1S/C15H16N2.C13H13N3O3.C4H4N2O3/c1-17(2)15-10-8-13(9-11-15)12-16-14-6-4-3-5-7-14;1-16(2)9-5-3-8(4-6-9)7-10-11(17)14-13(19)15-12(10)18;7-2-1-3(8)6-4(9)5-2/h3-12H,1-2H3;3-7H,1-2H3,(H2,14,15,17,18,19);1H2,(H2,5,6,7,8,9). The molecule has 2 aliphatic rings. The summed E-state index contributed by atoms with van der Waals surface area (Å²) in [6.45, 7) is 0. The second kappa shape index (κ2) is 15.9. The number of para-hydroxylation sites is 1. The van der Waals surface area contributed by atoms with E-state index < -0.39 is 35.7 Å². The number of aliphatic imine (C=N–C) groups is 1. The minimum atomic E-state index is -0.796. The summed E-state index contributed by atoms with van der Waals surface area (Å²) < 4.78 is 0. The minimum absolute atomic E-state index is 0.0859. The molecule has 2 aliphatic heterocycles. The third kappa shape index (κ3) is 10.9. The van der Waals surface area contributed by atoms with Crippen molar-refractivity contribution in [2.24, 2.45) is 4.99 Å². The number of carbonyl (C=O) groups excluding carboxylic acids is 6. The molecule has 4 N–H and O–H groups in total. The second-order valence-electron chi connectivity index (χ2n) is 9.96. The molecule has 5 rings (SSSR count). The number of nitrogens with one attached hydrogen (secondary N) is 4. The van der Waals surface area contributed by atoms with Gasteiger partial charge in [0.25, 0.3) is 11.8 Å². The van der Waals surface area contributed by atoms with Crippen LogP contribution in [0.2, 0.25) is 0 Å². The van der Waals surface area contributed by atoms with Gasteiger partial charge in [-0.3, -0.25) is 45.4 Å². The molecule has 0 atom stereocenters. The van der Waals surface area contributed by atoms with Crippen LogP contribution in [-0.4, -0.2) is 70.1 Å². The quantitative estimate of drug-likeness (QED) is 0.148. The van der Waals surface area contributed by atoms with E-state index in [1.807, 2.05) is 103 Å². The summed E-state index contributed by atoms with van der Waals surface area (Å²) in [6.07, 6.45) is 3.07. The number of anilines is 2. The zero-order valence-electron chi connectivity index (χ0n) is 25.2. The highest BCUT2D eigenvalue weighted by molar-refractivity contribution is 6.31. The van der Waals surface area contributed by atoms with Crippen molar-refractivity contribution >= 4 is 65.0 Å². The van der Waals surface area contributed by atoms with E-state index in [1.165, 1.54) is 11.8 Å². The average Bonchev–Trinajstić information content (AvgIpc) is 2.99. The van der Waals surface area contributed by atoms with Gasteiger partial charge in [-0.2, -0.15) is 0 Å². The summed E-state index contributed by atoms with van der Waals surface area (Å²) in [7, 11) is 7.91. The van der Waals surface area contributed by atoms with Crippen LogP contribution in [0, 0.1) is 0 Å². The van der Waals surface area contributed by atoms with Gasteiger partial charge in [-0.25, -0.2) is 9.59 Å². The van der Waals surface area contributed by atoms with Crippen molar-refractivity contribution in [2.75, 3.05) is 38.0 Å². The molecule has 0 spiro atoms. The van der Waals surface area contributed by atoms with Crippen molar-refractivity contribution in [2.45, 2.75) is 6.42 Å². The molecule has 0 unspecified atom stereocenters. The number of amides is 8. The summed E-state index contributed by atoms with van der Waals surface area (Å²) >= 11 is 0. The minimum Gasteiger partial charge on any atom is -0.378 e. The van der Waals surface area contributed by atoms with Crippen LogP contribution in [0.15, 0.2) is 89.4 Å². The van der Waals surface area contributed by atoms with Crippen molar-refractivity contribution in [3.63, 3.8) is 0 Å². The predicted molar refractivity (Wildman–Crippen MR) is 171 cm³/mol. The number of hydrogen-bond acceptors (Lipinski definition) is 9. The highest BCUT2D eigenvalue weighted by Gasteiger charge is 2.27. The van der Waals surface area contributed by atoms with E-state index in [2.05, 4.69) is 34.2 Å². The molecule has 0 radical (unpaired) electrons. The summed E-state index contributed by atoms with van der Waals surface area (Å²) in [4.78, 5) is 73.2. The largest absolute Gasteiger partial charge is 0.378 e. The van der Waals surface area contributed by atoms with E-state index >= 15 is 0 Å². The Morgan fingerprint density at radius 2 is 1.02 bits per heavy atom. The Morgan fingerprint density at radius 1 is 0.578 bits per heavy atom. The molecule has 2 fully saturated rings. The topological polar surface area (TPSA) is 169 Å². The molecule has 13 heteroatoms. The monoisotopic (exact) mass is 611 g/mol. The maximum atomic E-state index is 11.5. The fourth-order valence-electron chi connectivity index (χ4n) is 3.68. The lowest BCUT2D eigenvalue weighted by Gasteiger charge is -2.14. The van der Waals surface area contributed by atoms with Gasteiger partial charge in [0.2, 0.25) is 11.8 Å². The predicted octanol–water partition coefficient (Wildman–Crippen LogP) is 2.75. The Hall–Kier alpha value is -6.11. The van der Waals surface area contributed by atoms with E-state index in [9.17, 15) is 28.8 Å². The molecule has 232 valence electrons. The zero-order valence-corrected chi connectivity index (χ0v) is 25.2. The van der Waals surface area contributed by atoms with Crippen LogP contribution in [0.5, 0.6) is 0 Å². The Bertz CT molecular complexity index is 1550. The number of nitrogens with zero attached hydrogens (tertiary/aromatic N) is 3. The van der Waals surface area contributed by atoms with Crippen molar-refractivity contribution in [3.05, 3.63) is 95.6 Å². The smallest absolute Gasteiger partial charge is 0.328 e. The molecule has 13 nitrogen and oxygen atoms in total. The van der Waals surface area contributed by atoms with Crippen LogP contribution in [0.4, 0.5) is 26.7 Å². The Kier molecular flexibility index (Phi) is 11.8. The van der Waals surface area contributed by atoms with Gasteiger partial charge in [-0.15, -0.1) is 0 Å². The van der Waals surface area contributed by atoms with Gasteiger partial charge < -0.3 is 9.80 Å². The summed E-state index contributed by atoms with van der Waals surface area (Å²) in [6, 6.07) is 24.1. The molecule has 0 aromatic heterocycles. The number of benzene rings is 3. The molecule has 0 aliphatic carbocycles. The first-order valence-corrected chi connectivity index (χ1v) is 13.6.